The molecule has 2 rings (SSSR count). The van der Waals surface area contributed by atoms with Gasteiger partial charge >= 0.3 is 5.97 Å². The second-order valence-corrected chi connectivity index (χ2v) is 5.31. The van der Waals surface area contributed by atoms with Crippen molar-refractivity contribution in [2.24, 2.45) is 0 Å². The van der Waals surface area contributed by atoms with Crippen LogP contribution in [0.5, 0.6) is 0 Å². The average molecular weight is 303 g/mol. The Morgan fingerprint density at radius 3 is 2.43 bits per heavy atom. The Labute approximate surface area is 125 Å². The van der Waals surface area contributed by atoms with Gasteiger partial charge in [-0.15, -0.1) is 11.3 Å². The number of aliphatic hydroxyl groups excluding tert-OH is 1. The molecule has 0 spiro atoms. The van der Waals surface area contributed by atoms with Crippen molar-refractivity contribution >= 4 is 28.8 Å². The lowest BCUT2D eigenvalue weighted by molar-refractivity contribution is -0.135. The number of hydrogen-bond donors (Lipinski definition) is 3. The first kappa shape index (κ1) is 14.8. The highest BCUT2D eigenvalue weighted by molar-refractivity contribution is 7.12. The van der Waals surface area contributed by atoms with Gasteiger partial charge in [0.2, 0.25) is 5.76 Å². The number of anilines is 1. The number of aliphatic carboxylic acids is 1. The molecule has 0 saturated heterocycles. The maximum Gasteiger partial charge on any atom is 0.371 e. The van der Waals surface area contributed by atoms with Gasteiger partial charge in [0.25, 0.3) is 0 Å². The Morgan fingerprint density at radius 1 is 1.14 bits per heavy atom. The molecule has 1 heterocycles. The number of ketones is 1. The zero-order chi connectivity index (χ0) is 15.4. The Kier molecular flexibility index (Phi) is 4.39. The lowest BCUT2D eigenvalue weighted by Gasteiger charge is -2.03. The smallest absolute Gasteiger partial charge is 0.371 e. The number of nitrogen functional groups attached to an aromatic ring is 1. The zero-order valence-electron chi connectivity index (χ0n) is 10.9. The number of allylic oxidation sites excluding steroid dienone is 1. The van der Waals surface area contributed by atoms with Crippen LogP contribution in [-0.2, 0) is 11.2 Å². The molecule has 21 heavy (non-hydrogen) atoms. The van der Waals surface area contributed by atoms with Crippen LogP contribution < -0.4 is 5.73 Å². The third-order valence-electron chi connectivity index (χ3n) is 2.83. The topological polar surface area (TPSA) is 101 Å². The fraction of sp³-hybridized carbons (Fsp3) is 0.0667. The molecule has 0 bridgehead atoms. The molecular formula is C15H13NO4S. The van der Waals surface area contributed by atoms with Crippen molar-refractivity contribution < 1.29 is 19.8 Å². The van der Waals surface area contributed by atoms with Crippen LogP contribution in [0, 0.1) is 0 Å². The van der Waals surface area contributed by atoms with Crippen LogP contribution in [0.2, 0.25) is 0 Å². The third-order valence-corrected chi connectivity index (χ3v) is 3.80. The number of rotatable bonds is 5. The van der Waals surface area contributed by atoms with Crippen LogP contribution in [0.3, 0.4) is 0 Å². The van der Waals surface area contributed by atoms with Crippen LogP contribution in [0.4, 0.5) is 5.69 Å². The van der Waals surface area contributed by atoms with E-state index < -0.39 is 17.5 Å². The van der Waals surface area contributed by atoms with Gasteiger partial charge < -0.3 is 15.9 Å². The molecule has 4 N–H and O–H groups in total. The van der Waals surface area contributed by atoms with Crippen LogP contribution >= 0.6 is 11.3 Å². The number of hydrogen-bond acceptors (Lipinski definition) is 5. The molecule has 0 fully saturated rings. The SMILES string of the molecule is Nc1ccc(Cc2ccsc2C(=O)/C=C(\O)C(=O)O)cc1. The summed E-state index contributed by atoms with van der Waals surface area (Å²) in [7, 11) is 0. The van der Waals surface area contributed by atoms with Gasteiger partial charge in [-0.2, -0.15) is 0 Å². The summed E-state index contributed by atoms with van der Waals surface area (Å²) < 4.78 is 0. The van der Waals surface area contributed by atoms with Gasteiger partial charge in [-0.3, -0.25) is 4.79 Å². The van der Waals surface area contributed by atoms with Crippen LogP contribution in [0.1, 0.15) is 20.8 Å². The zero-order valence-corrected chi connectivity index (χ0v) is 11.8. The fourth-order valence-electron chi connectivity index (χ4n) is 1.80. The molecule has 5 nitrogen and oxygen atoms in total. The molecule has 0 amide bonds. The standard InChI is InChI=1S/C15H13NO4S/c16-11-3-1-9(2-4-11)7-10-5-6-21-14(10)12(17)8-13(18)15(19)20/h1-6,8,18H,7,16H2,(H,19,20)/b13-8-. The van der Waals surface area contributed by atoms with Gasteiger partial charge in [-0.05, 0) is 41.1 Å². The van der Waals surface area contributed by atoms with E-state index in [-0.39, 0.29) is 0 Å². The van der Waals surface area contributed by atoms with E-state index in [1.807, 2.05) is 12.1 Å². The van der Waals surface area contributed by atoms with E-state index in [9.17, 15) is 9.59 Å². The average Bonchev–Trinajstić information content (AvgIpc) is 2.89. The van der Waals surface area contributed by atoms with Crippen molar-refractivity contribution in [2.45, 2.75) is 6.42 Å². The molecule has 0 aliphatic rings. The van der Waals surface area contributed by atoms with Crippen molar-refractivity contribution in [1.82, 2.24) is 0 Å². The maximum absolute atomic E-state index is 12.0. The molecule has 0 aliphatic heterocycles. The van der Waals surface area contributed by atoms with Gasteiger partial charge in [0, 0.05) is 11.8 Å². The number of benzene rings is 1. The Bertz CT molecular complexity index is 701. The number of carbonyl (C=O) groups excluding carboxylic acids is 1. The minimum absolute atomic E-state index is 0.416. The first-order chi connectivity index (χ1) is 9.97. The van der Waals surface area contributed by atoms with E-state index >= 15 is 0 Å². The predicted octanol–water partition coefficient (Wildman–Crippen LogP) is 2.63. The molecule has 1 aromatic carbocycles. The van der Waals surface area contributed by atoms with Crippen LogP contribution in [0.15, 0.2) is 47.5 Å². The minimum atomic E-state index is -1.53. The minimum Gasteiger partial charge on any atom is -0.502 e. The molecule has 0 unspecified atom stereocenters. The van der Waals surface area contributed by atoms with Gasteiger partial charge in [-0.25, -0.2) is 4.79 Å². The van der Waals surface area contributed by atoms with Gasteiger partial charge in [-0.1, -0.05) is 12.1 Å². The first-order valence-electron chi connectivity index (χ1n) is 6.06. The molecule has 0 saturated carbocycles. The molecule has 2 aromatic rings. The van der Waals surface area contributed by atoms with E-state index in [0.29, 0.717) is 17.0 Å². The molecule has 0 radical (unpaired) electrons. The van der Waals surface area contributed by atoms with Crippen molar-refractivity contribution in [2.75, 3.05) is 5.73 Å². The number of thiophene rings is 1. The molecule has 6 heteroatoms. The van der Waals surface area contributed by atoms with E-state index in [1.165, 1.54) is 11.3 Å². The summed E-state index contributed by atoms with van der Waals surface area (Å²) in [5.41, 5.74) is 8.05. The second-order valence-electron chi connectivity index (χ2n) is 4.39. The molecule has 1 aromatic heterocycles. The van der Waals surface area contributed by atoms with E-state index in [1.54, 1.807) is 23.6 Å². The summed E-state index contributed by atoms with van der Waals surface area (Å²) in [5.74, 6) is -3.01. The highest BCUT2D eigenvalue weighted by Gasteiger charge is 2.14. The van der Waals surface area contributed by atoms with Crippen molar-refractivity contribution in [3.05, 3.63) is 63.6 Å². The Hall–Kier alpha value is -2.60. The summed E-state index contributed by atoms with van der Waals surface area (Å²) >= 11 is 1.21. The second kappa shape index (κ2) is 6.23. The number of carboxylic acids is 1. The number of carbonyl (C=O) groups is 2. The quantitative estimate of drug-likeness (QED) is 0.341. The van der Waals surface area contributed by atoms with E-state index in [4.69, 9.17) is 15.9 Å². The molecule has 0 atom stereocenters. The Balaban J connectivity index is 2.22. The number of aliphatic hydroxyl groups is 1. The summed E-state index contributed by atoms with van der Waals surface area (Å²) in [4.78, 5) is 22.9. The summed E-state index contributed by atoms with van der Waals surface area (Å²) in [6.45, 7) is 0. The highest BCUT2D eigenvalue weighted by Crippen LogP contribution is 2.22. The van der Waals surface area contributed by atoms with Crippen LogP contribution in [0.25, 0.3) is 0 Å². The molecule has 108 valence electrons. The summed E-state index contributed by atoms with van der Waals surface area (Å²) in [5, 5.41) is 19.5. The number of carboxylic acid groups (broad SMARTS) is 1. The van der Waals surface area contributed by atoms with Crippen molar-refractivity contribution in [3.63, 3.8) is 0 Å². The largest absolute Gasteiger partial charge is 0.502 e. The third kappa shape index (κ3) is 3.70. The van der Waals surface area contributed by atoms with Gasteiger partial charge in [0.05, 0.1) is 4.88 Å². The maximum atomic E-state index is 12.0. The monoisotopic (exact) mass is 303 g/mol. The van der Waals surface area contributed by atoms with E-state index in [0.717, 1.165) is 17.2 Å². The highest BCUT2D eigenvalue weighted by atomic mass is 32.1. The normalized spacial score (nSPS) is 11.3. The van der Waals surface area contributed by atoms with Crippen LogP contribution in [-0.4, -0.2) is 22.0 Å². The van der Waals surface area contributed by atoms with Gasteiger partial charge in [0.15, 0.2) is 5.78 Å². The van der Waals surface area contributed by atoms with E-state index in [2.05, 4.69) is 0 Å². The molecular weight excluding hydrogens is 290 g/mol. The number of nitrogens with two attached hydrogens (primary N) is 1. The lowest BCUT2D eigenvalue weighted by Crippen LogP contribution is -2.04. The summed E-state index contributed by atoms with van der Waals surface area (Å²) in [6.07, 6.45) is 1.26. The fourth-order valence-corrected chi connectivity index (χ4v) is 2.63. The molecule has 0 aliphatic carbocycles. The predicted molar refractivity (Wildman–Crippen MR) is 80.7 cm³/mol. The van der Waals surface area contributed by atoms with Gasteiger partial charge in [0.1, 0.15) is 0 Å². The Morgan fingerprint density at radius 2 is 1.81 bits per heavy atom. The van der Waals surface area contributed by atoms with Crippen molar-refractivity contribution in [1.29, 1.82) is 0 Å². The lowest BCUT2D eigenvalue weighted by atomic mass is 10.0. The van der Waals surface area contributed by atoms with Crippen molar-refractivity contribution in [3.8, 4) is 0 Å². The summed E-state index contributed by atoms with van der Waals surface area (Å²) in [6, 6.07) is 9.09. The first-order valence-corrected chi connectivity index (χ1v) is 6.94.